The number of aliphatic carboxylic acids is 1. The average molecular weight is 256 g/mol. The largest absolute Gasteiger partial charge is 0.481 e. The van der Waals surface area contributed by atoms with Crippen LogP contribution in [-0.4, -0.2) is 24.2 Å². The van der Waals surface area contributed by atoms with E-state index in [4.69, 9.17) is 4.74 Å². The Morgan fingerprint density at radius 3 is 2.17 bits per heavy atom. The van der Waals surface area contributed by atoms with Crippen molar-refractivity contribution in [1.82, 2.24) is 0 Å². The van der Waals surface area contributed by atoms with Crippen molar-refractivity contribution >= 4 is 11.9 Å². The van der Waals surface area contributed by atoms with Gasteiger partial charge in [-0.05, 0) is 25.2 Å². The maximum atomic E-state index is 12.1. The minimum Gasteiger partial charge on any atom is -0.481 e. The van der Waals surface area contributed by atoms with Gasteiger partial charge in [-0.1, -0.05) is 33.1 Å². The fourth-order valence-electron chi connectivity index (χ4n) is 3.11. The summed E-state index contributed by atoms with van der Waals surface area (Å²) in [6.07, 6.45) is 4.72. The van der Waals surface area contributed by atoms with Crippen LogP contribution < -0.4 is 0 Å². The summed E-state index contributed by atoms with van der Waals surface area (Å²) >= 11 is 0. The van der Waals surface area contributed by atoms with Crippen molar-refractivity contribution in [2.24, 2.45) is 17.3 Å². The van der Waals surface area contributed by atoms with Gasteiger partial charge in [0.05, 0.1) is 18.4 Å². The van der Waals surface area contributed by atoms with E-state index in [-0.39, 0.29) is 11.9 Å². The smallest absolute Gasteiger partial charge is 0.312 e. The number of carboxylic acid groups (broad SMARTS) is 1. The third-order valence-electron chi connectivity index (χ3n) is 4.01. The molecular weight excluding hydrogens is 232 g/mol. The second-order valence-corrected chi connectivity index (χ2v) is 5.73. The van der Waals surface area contributed by atoms with Gasteiger partial charge in [-0.25, -0.2) is 0 Å². The van der Waals surface area contributed by atoms with E-state index in [1.807, 2.05) is 13.8 Å². The summed E-state index contributed by atoms with van der Waals surface area (Å²) in [5.41, 5.74) is -0.802. The van der Waals surface area contributed by atoms with E-state index in [1.54, 1.807) is 0 Å². The van der Waals surface area contributed by atoms with Gasteiger partial charge in [0.15, 0.2) is 0 Å². The van der Waals surface area contributed by atoms with E-state index in [1.165, 1.54) is 7.11 Å². The Bertz CT molecular complexity index is 303. The van der Waals surface area contributed by atoms with Gasteiger partial charge in [-0.3, -0.25) is 9.59 Å². The van der Waals surface area contributed by atoms with Crippen molar-refractivity contribution in [1.29, 1.82) is 0 Å². The molecule has 1 fully saturated rings. The van der Waals surface area contributed by atoms with Crippen LogP contribution in [0.1, 0.15) is 52.4 Å². The van der Waals surface area contributed by atoms with Crippen LogP contribution in [0.5, 0.6) is 0 Å². The second-order valence-electron chi connectivity index (χ2n) is 5.73. The predicted octanol–water partition coefficient (Wildman–Crippen LogP) is 2.86. The van der Waals surface area contributed by atoms with Crippen LogP contribution in [0.25, 0.3) is 0 Å². The van der Waals surface area contributed by atoms with Gasteiger partial charge >= 0.3 is 11.9 Å². The normalized spacial score (nSPS) is 20.4. The SMILES string of the molecule is COC(=O)C1(C(CC(C)C)C(=O)O)CCCCC1. The summed E-state index contributed by atoms with van der Waals surface area (Å²) in [6.45, 7) is 3.98. The molecule has 1 N–H and O–H groups in total. The van der Waals surface area contributed by atoms with Crippen molar-refractivity contribution in [3.8, 4) is 0 Å². The lowest BCUT2D eigenvalue weighted by atomic mass is 9.63. The number of carbonyl (C=O) groups is 2. The number of carbonyl (C=O) groups excluding carboxylic acids is 1. The molecule has 0 saturated heterocycles. The van der Waals surface area contributed by atoms with Crippen LogP contribution in [0.4, 0.5) is 0 Å². The fraction of sp³-hybridized carbons (Fsp3) is 0.857. The number of rotatable bonds is 5. The molecular formula is C14H24O4. The van der Waals surface area contributed by atoms with Crippen LogP contribution in [0, 0.1) is 17.3 Å². The molecule has 18 heavy (non-hydrogen) atoms. The Morgan fingerprint density at radius 1 is 1.22 bits per heavy atom. The molecule has 1 saturated carbocycles. The Balaban J connectivity index is 3.04. The van der Waals surface area contributed by atoms with E-state index < -0.39 is 17.3 Å². The summed E-state index contributed by atoms with van der Waals surface area (Å²) < 4.78 is 4.90. The van der Waals surface area contributed by atoms with Crippen LogP contribution in [-0.2, 0) is 14.3 Å². The molecule has 0 bridgehead atoms. The third kappa shape index (κ3) is 3.03. The minimum atomic E-state index is -0.865. The Kier molecular flexibility index (Phi) is 5.17. The number of hydrogen-bond donors (Lipinski definition) is 1. The third-order valence-corrected chi connectivity index (χ3v) is 4.01. The van der Waals surface area contributed by atoms with Gasteiger partial charge in [0.2, 0.25) is 0 Å². The summed E-state index contributed by atoms with van der Waals surface area (Å²) in [4.78, 5) is 23.7. The van der Waals surface area contributed by atoms with Gasteiger partial charge in [-0.2, -0.15) is 0 Å². The van der Waals surface area contributed by atoms with Crippen LogP contribution in [0.15, 0.2) is 0 Å². The highest BCUT2D eigenvalue weighted by Crippen LogP contribution is 2.46. The maximum Gasteiger partial charge on any atom is 0.312 e. The van der Waals surface area contributed by atoms with Crippen LogP contribution >= 0.6 is 0 Å². The van der Waals surface area contributed by atoms with E-state index in [0.717, 1.165) is 19.3 Å². The Morgan fingerprint density at radius 2 is 1.78 bits per heavy atom. The van der Waals surface area contributed by atoms with Gasteiger partial charge in [0, 0.05) is 0 Å². The lowest BCUT2D eigenvalue weighted by molar-refractivity contribution is -0.169. The first kappa shape index (κ1) is 15.0. The highest BCUT2D eigenvalue weighted by atomic mass is 16.5. The summed E-state index contributed by atoms with van der Waals surface area (Å²) in [7, 11) is 1.35. The molecule has 0 radical (unpaired) electrons. The quantitative estimate of drug-likeness (QED) is 0.768. The average Bonchev–Trinajstić information content (AvgIpc) is 2.35. The van der Waals surface area contributed by atoms with Crippen molar-refractivity contribution in [3.05, 3.63) is 0 Å². The molecule has 1 aliphatic carbocycles. The number of esters is 1. The van der Waals surface area contributed by atoms with E-state index in [0.29, 0.717) is 19.3 Å². The summed E-state index contributed by atoms with van der Waals surface area (Å²) in [6, 6.07) is 0. The molecule has 0 aromatic rings. The molecule has 1 atom stereocenters. The molecule has 1 unspecified atom stereocenters. The number of hydrogen-bond acceptors (Lipinski definition) is 3. The Labute approximate surface area is 109 Å². The lowest BCUT2D eigenvalue weighted by Gasteiger charge is -2.39. The first-order valence-electron chi connectivity index (χ1n) is 6.75. The zero-order valence-corrected chi connectivity index (χ0v) is 11.6. The van der Waals surface area contributed by atoms with Crippen molar-refractivity contribution in [3.63, 3.8) is 0 Å². The Hall–Kier alpha value is -1.06. The molecule has 0 spiro atoms. The molecule has 0 aliphatic heterocycles. The summed E-state index contributed by atoms with van der Waals surface area (Å²) in [5, 5.41) is 9.48. The number of methoxy groups -OCH3 is 1. The molecule has 0 amide bonds. The van der Waals surface area contributed by atoms with Crippen molar-refractivity contribution in [2.45, 2.75) is 52.4 Å². The number of ether oxygens (including phenoxy) is 1. The highest BCUT2D eigenvalue weighted by molar-refractivity contribution is 5.84. The van der Waals surface area contributed by atoms with E-state index in [9.17, 15) is 14.7 Å². The zero-order valence-electron chi connectivity index (χ0n) is 11.6. The predicted molar refractivity (Wildman–Crippen MR) is 68.1 cm³/mol. The first-order chi connectivity index (χ1) is 8.44. The fourth-order valence-corrected chi connectivity index (χ4v) is 3.11. The van der Waals surface area contributed by atoms with Crippen LogP contribution in [0.2, 0.25) is 0 Å². The zero-order chi connectivity index (χ0) is 13.8. The van der Waals surface area contributed by atoms with E-state index >= 15 is 0 Å². The standard InChI is InChI=1S/C14H24O4/c1-10(2)9-11(12(15)16)14(13(17)18-3)7-5-4-6-8-14/h10-11H,4-9H2,1-3H3,(H,15,16). The monoisotopic (exact) mass is 256 g/mol. The van der Waals surface area contributed by atoms with Crippen LogP contribution in [0.3, 0.4) is 0 Å². The van der Waals surface area contributed by atoms with Gasteiger partial charge in [0.25, 0.3) is 0 Å². The molecule has 104 valence electrons. The van der Waals surface area contributed by atoms with E-state index in [2.05, 4.69) is 0 Å². The molecule has 1 rings (SSSR count). The van der Waals surface area contributed by atoms with Crippen molar-refractivity contribution in [2.75, 3.05) is 7.11 Å². The molecule has 0 aromatic heterocycles. The maximum absolute atomic E-state index is 12.1. The molecule has 0 aromatic carbocycles. The van der Waals surface area contributed by atoms with Gasteiger partial charge in [-0.15, -0.1) is 0 Å². The second kappa shape index (κ2) is 6.21. The molecule has 0 heterocycles. The van der Waals surface area contributed by atoms with Gasteiger partial charge in [0.1, 0.15) is 0 Å². The number of carboxylic acids is 1. The first-order valence-corrected chi connectivity index (χ1v) is 6.75. The molecule has 1 aliphatic rings. The lowest BCUT2D eigenvalue weighted by Crippen LogP contribution is -2.45. The molecule has 4 heteroatoms. The van der Waals surface area contributed by atoms with Gasteiger partial charge < -0.3 is 9.84 Å². The highest BCUT2D eigenvalue weighted by Gasteiger charge is 2.50. The molecule has 4 nitrogen and oxygen atoms in total. The van der Waals surface area contributed by atoms with Crippen molar-refractivity contribution < 1.29 is 19.4 Å². The topological polar surface area (TPSA) is 63.6 Å². The minimum absolute atomic E-state index is 0.259. The summed E-state index contributed by atoms with van der Waals surface area (Å²) in [5.74, 6) is -1.56.